The highest BCUT2D eigenvalue weighted by Crippen LogP contribution is 2.29. The van der Waals surface area contributed by atoms with Crippen molar-refractivity contribution in [1.29, 1.82) is 0 Å². The number of imidazole rings is 1. The predicted octanol–water partition coefficient (Wildman–Crippen LogP) is 4.49. The topological polar surface area (TPSA) is 29.9 Å². The Labute approximate surface area is 124 Å². The minimum absolute atomic E-state index is 0.307. The number of rotatable bonds is 2. The molecule has 0 atom stereocenters. The summed E-state index contributed by atoms with van der Waals surface area (Å²) >= 11 is 11.2. The molecule has 1 heterocycles. The van der Waals surface area contributed by atoms with Gasteiger partial charge in [0.2, 0.25) is 0 Å². The number of methoxy groups -OCH3 is 1. The molecule has 3 nitrogen and oxygen atoms in total. The zero-order valence-corrected chi connectivity index (χ0v) is 12.1. The summed E-state index contributed by atoms with van der Waals surface area (Å²) in [6.45, 7) is 0. The molecule has 3 aromatic rings. The molecule has 0 bridgehead atoms. The van der Waals surface area contributed by atoms with E-state index in [0.717, 1.165) is 11.0 Å². The van der Waals surface area contributed by atoms with Crippen molar-refractivity contribution in [2.75, 3.05) is 7.11 Å². The molecular formula is C14H10ClFN2OS. The predicted molar refractivity (Wildman–Crippen MR) is 80.0 cm³/mol. The number of hydrogen-bond donors (Lipinski definition) is 1. The van der Waals surface area contributed by atoms with Crippen LogP contribution in [0.5, 0.6) is 5.75 Å². The summed E-state index contributed by atoms with van der Waals surface area (Å²) in [5.41, 5.74) is 1.76. The third kappa shape index (κ3) is 1.99. The van der Waals surface area contributed by atoms with Crippen LogP contribution in [0, 0.1) is 10.6 Å². The monoisotopic (exact) mass is 308 g/mol. The van der Waals surface area contributed by atoms with Gasteiger partial charge in [-0.1, -0.05) is 17.7 Å². The molecule has 0 saturated heterocycles. The van der Waals surface area contributed by atoms with Crippen molar-refractivity contribution in [3.63, 3.8) is 0 Å². The van der Waals surface area contributed by atoms with Crippen LogP contribution in [-0.4, -0.2) is 16.7 Å². The zero-order valence-electron chi connectivity index (χ0n) is 10.5. The third-order valence-corrected chi connectivity index (χ3v) is 3.57. The first-order valence-electron chi connectivity index (χ1n) is 5.85. The first kappa shape index (κ1) is 13.1. The number of aromatic amines is 1. The van der Waals surface area contributed by atoms with Gasteiger partial charge < -0.3 is 9.72 Å². The van der Waals surface area contributed by atoms with E-state index >= 15 is 0 Å². The summed E-state index contributed by atoms with van der Waals surface area (Å²) < 4.78 is 21.3. The highest BCUT2D eigenvalue weighted by molar-refractivity contribution is 7.71. The van der Waals surface area contributed by atoms with Crippen LogP contribution in [0.15, 0.2) is 36.4 Å². The number of para-hydroxylation sites is 1. The maximum absolute atomic E-state index is 14.1. The van der Waals surface area contributed by atoms with Crippen molar-refractivity contribution in [3.8, 4) is 11.4 Å². The quantitative estimate of drug-likeness (QED) is 0.707. The van der Waals surface area contributed by atoms with Gasteiger partial charge in [-0.15, -0.1) is 0 Å². The van der Waals surface area contributed by atoms with Gasteiger partial charge in [0.25, 0.3) is 0 Å². The van der Waals surface area contributed by atoms with Gasteiger partial charge in [-0.3, -0.25) is 4.57 Å². The SMILES string of the molecule is COc1cccc2c1[nH]c(=S)n2-c1cc(Cl)ccc1F. The van der Waals surface area contributed by atoms with E-state index in [1.54, 1.807) is 17.7 Å². The van der Waals surface area contributed by atoms with Gasteiger partial charge in [-0.05, 0) is 42.5 Å². The van der Waals surface area contributed by atoms with E-state index in [1.807, 2.05) is 18.2 Å². The summed E-state index contributed by atoms with van der Waals surface area (Å²) in [7, 11) is 1.57. The maximum Gasteiger partial charge on any atom is 0.182 e. The number of nitrogens with one attached hydrogen (secondary N) is 1. The van der Waals surface area contributed by atoms with Gasteiger partial charge in [-0.25, -0.2) is 4.39 Å². The first-order chi connectivity index (χ1) is 9.61. The summed E-state index contributed by atoms with van der Waals surface area (Å²) in [6.07, 6.45) is 0. The lowest BCUT2D eigenvalue weighted by molar-refractivity contribution is 0.419. The number of aromatic nitrogens is 2. The number of H-pyrrole nitrogens is 1. The summed E-state index contributed by atoms with van der Waals surface area (Å²) in [6, 6.07) is 9.83. The first-order valence-corrected chi connectivity index (χ1v) is 6.63. The van der Waals surface area contributed by atoms with Gasteiger partial charge in [0.1, 0.15) is 17.1 Å². The van der Waals surface area contributed by atoms with Crippen LogP contribution < -0.4 is 4.74 Å². The normalized spacial score (nSPS) is 10.9. The molecule has 0 fully saturated rings. The molecule has 6 heteroatoms. The lowest BCUT2D eigenvalue weighted by Gasteiger charge is -2.07. The molecule has 2 aromatic carbocycles. The van der Waals surface area contributed by atoms with Crippen molar-refractivity contribution in [3.05, 3.63) is 52.0 Å². The Balaban J connectivity index is 2.40. The average Bonchev–Trinajstić information content (AvgIpc) is 2.77. The van der Waals surface area contributed by atoms with E-state index in [1.165, 1.54) is 12.1 Å². The van der Waals surface area contributed by atoms with Gasteiger partial charge in [0.15, 0.2) is 4.77 Å². The highest BCUT2D eigenvalue weighted by atomic mass is 35.5. The second-order valence-electron chi connectivity index (χ2n) is 4.22. The van der Waals surface area contributed by atoms with Crippen molar-refractivity contribution in [2.45, 2.75) is 0 Å². The molecule has 0 aliphatic heterocycles. The lowest BCUT2D eigenvalue weighted by Crippen LogP contribution is -1.97. The standard InChI is InChI=1S/C14H10ClFN2OS/c1-19-12-4-2-3-10-13(12)17-14(20)18(10)11-7-8(15)5-6-9(11)16/h2-7H,1H3,(H,17,20). The number of hydrogen-bond acceptors (Lipinski definition) is 2. The minimum Gasteiger partial charge on any atom is -0.494 e. The van der Waals surface area contributed by atoms with Crippen molar-refractivity contribution in [2.24, 2.45) is 0 Å². The van der Waals surface area contributed by atoms with Gasteiger partial charge in [0, 0.05) is 5.02 Å². The van der Waals surface area contributed by atoms with Crippen LogP contribution >= 0.6 is 23.8 Å². The van der Waals surface area contributed by atoms with Crippen molar-refractivity contribution >= 4 is 34.9 Å². The van der Waals surface area contributed by atoms with Gasteiger partial charge >= 0.3 is 0 Å². The minimum atomic E-state index is -0.394. The fourth-order valence-corrected chi connectivity index (χ4v) is 2.64. The number of fused-ring (bicyclic) bond motifs is 1. The van der Waals surface area contributed by atoms with E-state index in [9.17, 15) is 4.39 Å². The largest absolute Gasteiger partial charge is 0.494 e. The number of ether oxygens (including phenoxy) is 1. The molecule has 20 heavy (non-hydrogen) atoms. The van der Waals surface area contributed by atoms with Crippen LogP contribution in [-0.2, 0) is 0 Å². The second kappa shape index (κ2) is 4.92. The molecule has 0 unspecified atom stereocenters. The summed E-state index contributed by atoms with van der Waals surface area (Å²) in [4.78, 5) is 3.03. The van der Waals surface area contributed by atoms with E-state index in [0.29, 0.717) is 21.2 Å². The zero-order chi connectivity index (χ0) is 14.3. The van der Waals surface area contributed by atoms with Crippen molar-refractivity contribution < 1.29 is 9.13 Å². The van der Waals surface area contributed by atoms with Crippen LogP contribution in [0.1, 0.15) is 0 Å². The smallest absolute Gasteiger partial charge is 0.182 e. The molecule has 0 spiro atoms. The number of benzene rings is 2. The van der Waals surface area contributed by atoms with Gasteiger partial charge in [0.05, 0.1) is 18.3 Å². The molecule has 1 aromatic heterocycles. The summed E-state index contributed by atoms with van der Waals surface area (Å²) in [5.74, 6) is 0.254. The molecule has 0 aliphatic carbocycles. The van der Waals surface area contributed by atoms with Crippen molar-refractivity contribution in [1.82, 2.24) is 9.55 Å². The van der Waals surface area contributed by atoms with E-state index in [2.05, 4.69) is 4.98 Å². The number of nitrogens with zero attached hydrogens (tertiary/aromatic N) is 1. The Morgan fingerprint density at radius 2 is 2.10 bits per heavy atom. The van der Waals surface area contributed by atoms with E-state index < -0.39 is 5.82 Å². The Kier molecular flexibility index (Phi) is 3.23. The average molecular weight is 309 g/mol. The Bertz CT molecular complexity index is 856. The molecule has 1 N–H and O–H groups in total. The Hall–Kier alpha value is -1.85. The van der Waals surface area contributed by atoms with Crippen LogP contribution in [0.4, 0.5) is 4.39 Å². The second-order valence-corrected chi connectivity index (χ2v) is 5.04. The van der Waals surface area contributed by atoms with E-state index in [4.69, 9.17) is 28.6 Å². The fraction of sp³-hybridized carbons (Fsp3) is 0.0714. The summed E-state index contributed by atoms with van der Waals surface area (Å²) in [5, 5.41) is 0.445. The molecule has 0 amide bonds. The Morgan fingerprint density at radius 1 is 1.30 bits per heavy atom. The van der Waals surface area contributed by atoms with Crippen LogP contribution in [0.3, 0.4) is 0 Å². The molecule has 3 rings (SSSR count). The molecular weight excluding hydrogens is 299 g/mol. The molecule has 0 radical (unpaired) electrons. The number of halogens is 2. The van der Waals surface area contributed by atoms with Crippen LogP contribution in [0.25, 0.3) is 16.7 Å². The van der Waals surface area contributed by atoms with Gasteiger partial charge in [-0.2, -0.15) is 0 Å². The van der Waals surface area contributed by atoms with Crippen LogP contribution in [0.2, 0.25) is 5.02 Å². The molecule has 0 aliphatic rings. The molecule has 0 saturated carbocycles. The molecule has 102 valence electrons. The Morgan fingerprint density at radius 3 is 2.85 bits per heavy atom. The lowest BCUT2D eigenvalue weighted by atomic mass is 10.2. The van der Waals surface area contributed by atoms with E-state index in [-0.39, 0.29) is 0 Å². The maximum atomic E-state index is 14.1. The third-order valence-electron chi connectivity index (χ3n) is 3.05. The fourth-order valence-electron chi connectivity index (χ4n) is 2.17. The highest BCUT2D eigenvalue weighted by Gasteiger charge is 2.13.